The van der Waals surface area contributed by atoms with Crippen molar-refractivity contribution in [1.82, 2.24) is 9.97 Å². The fourth-order valence-electron chi connectivity index (χ4n) is 2.01. The van der Waals surface area contributed by atoms with Gasteiger partial charge >= 0.3 is 0 Å². The quantitative estimate of drug-likeness (QED) is 0.793. The second-order valence-electron chi connectivity index (χ2n) is 3.98. The van der Waals surface area contributed by atoms with E-state index in [-0.39, 0.29) is 0 Å². The Kier molecular flexibility index (Phi) is 2.64. The molecule has 2 radical (unpaired) electrons. The van der Waals surface area contributed by atoms with E-state index in [9.17, 15) is 0 Å². The van der Waals surface area contributed by atoms with E-state index in [1.165, 1.54) is 0 Å². The molecule has 18 heavy (non-hydrogen) atoms. The van der Waals surface area contributed by atoms with Gasteiger partial charge in [0, 0.05) is 19.5 Å². The van der Waals surface area contributed by atoms with Crippen molar-refractivity contribution in [1.29, 1.82) is 0 Å². The van der Waals surface area contributed by atoms with E-state index >= 15 is 0 Å². The number of benzene rings is 1. The molecule has 0 unspecified atom stereocenters. The van der Waals surface area contributed by atoms with Crippen LogP contribution in [0.5, 0.6) is 0 Å². The van der Waals surface area contributed by atoms with Crippen molar-refractivity contribution in [2.24, 2.45) is 0 Å². The fraction of sp³-hybridized carbons (Fsp3) is 0.167. The van der Waals surface area contributed by atoms with Gasteiger partial charge < -0.3 is 10.1 Å². The highest BCUT2D eigenvalue weighted by molar-refractivity contribution is 6.32. The zero-order chi connectivity index (χ0) is 12.5. The molecule has 0 saturated heterocycles. The Morgan fingerprint density at radius 3 is 3.00 bits per heavy atom. The molecule has 0 atom stereocenters. The predicted octanol–water partition coefficient (Wildman–Crippen LogP) is 1.07. The highest BCUT2D eigenvalue weighted by atomic mass is 16.5. The molecule has 0 saturated carbocycles. The number of hydrogen-bond donors (Lipinski definition) is 1. The summed E-state index contributed by atoms with van der Waals surface area (Å²) in [6.45, 7) is 0.407. The van der Waals surface area contributed by atoms with Crippen LogP contribution in [0, 0.1) is 0 Å². The van der Waals surface area contributed by atoms with Crippen LogP contribution in [0.25, 0.3) is 0 Å². The number of hydrogen-bond acceptors (Lipinski definition) is 5. The molecule has 0 bridgehead atoms. The molecule has 0 spiro atoms. The third kappa shape index (κ3) is 1.71. The zero-order valence-electron chi connectivity index (χ0n) is 9.92. The number of ether oxygens (including phenoxy) is 1. The van der Waals surface area contributed by atoms with Gasteiger partial charge in [0.2, 0.25) is 0 Å². The van der Waals surface area contributed by atoms with E-state index in [1.807, 2.05) is 23.1 Å². The summed E-state index contributed by atoms with van der Waals surface area (Å²) in [5.74, 6) is 1.45. The molecule has 2 heterocycles. The van der Waals surface area contributed by atoms with Crippen molar-refractivity contribution in [2.75, 3.05) is 24.1 Å². The SMILES string of the molecule is [B]c1ccc2c(c1)Nc1nccnc1N2COC. The molecule has 1 aliphatic heterocycles. The average molecular weight is 238 g/mol. The minimum absolute atomic E-state index is 0.407. The first-order valence-electron chi connectivity index (χ1n) is 5.53. The Balaban J connectivity index is 2.14. The van der Waals surface area contributed by atoms with Crippen LogP contribution in [-0.4, -0.2) is 31.7 Å². The molecular formula is C12H11BN4O. The maximum Gasteiger partial charge on any atom is 0.178 e. The standard InChI is InChI=1S/C12H11BN4O/c1-18-7-17-10-3-2-8(13)6-9(10)16-11-12(17)15-5-4-14-11/h2-6H,7H2,1H3,(H,14,16). The Hall–Kier alpha value is -2.08. The molecular weight excluding hydrogens is 227 g/mol. The first kappa shape index (κ1) is 11.0. The molecule has 1 aliphatic rings. The van der Waals surface area contributed by atoms with Crippen LogP contribution in [0.1, 0.15) is 0 Å². The Morgan fingerprint density at radius 2 is 2.17 bits per heavy atom. The van der Waals surface area contributed by atoms with Gasteiger partial charge in [-0.1, -0.05) is 11.5 Å². The average Bonchev–Trinajstić information content (AvgIpc) is 2.38. The van der Waals surface area contributed by atoms with E-state index < -0.39 is 0 Å². The summed E-state index contributed by atoms with van der Waals surface area (Å²) in [6, 6.07) is 5.66. The summed E-state index contributed by atoms with van der Waals surface area (Å²) >= 11 is 0. The smallest absolute Gasteiger partial charge is 0.178 e. The van der Waals surface area contributed by atoms with Crippen LogP contribution in [0.3, 0.4) is 0 Å². The summed E-state index contributed by atoms with van der Waals surface area (Å²) in [5.41, 5.74) is 2.57. The second kappa shape index (κ2) is 4.31. The van der Waals surface area contributed by atoms with E-state index in [4.69, 9.17) is 12.6 Å². The van der Waals surface area contributed by atoms with E-state index in [0.717, 1.165) is 17.2 Å². The summed E-state index contributed by atoms with van der Waals surface area (Å²) in [5, 5.41) is 3.22. The summed E-state index contributed by atoms with van der Waals surface area (Å²) < 4.78 is 5.22. The minimum Gasteiger partial charge on any atom is -0.364 e. The molecule has 1 N–H and O–H groups in total. The number of fused-ring (bicyclic) bond motifs is 2. The van der Waals surface area contributed by atoms with Gasteiger partial charge in [0.1, 0.15) is 14.6 Å². The van der Waals surface area contributed by atoms with Crippen molar-refractivity contribution in [3.63, 3.8) is 0 Å². The van der Waals surface area contributed by atoms with Gasteiger partial charge in [-0.15, -0.1) is 0 Å². The topological polar surface area (TPSA) is 50.3 Å². The van der Waals surface area contributed by atoms with Crippen molar-refractivity contribution >= 4 is 36.3 Å². The van der Waals surface area contributed by atoms with Gasteiger partial charge in [-0.2, -0.15) is 0 Å². The Morgan fingerprint density at radius 1 is 1.33 bits per heavy atom. The predicted molar refractivity (Wildman–Crippen MR) is 71.2 cm³/mol. The highest BCUT2D eigenvalue weighted by Gasteiger charge is 2.24. The minimum atomic E-state index is 0.407. The summed E-state index contributed by atoms with van der Waals surface area (Å²) in [4.78, 5) is 10.6. The molecule has 88 valence electrons. The number of aromatic nitrogens is 2. The lowest BCUT2D eigenvalue weighted by atomic mass is 9.95. The van der Waals surface area contributed by atoms with Crippen LogP contribution in [0.15, 0.2) is 30.6 Å². The van der Waals surface area contributed by atoms with Crippen molar-refractivity contribution in [2.45, 2.75) is 0 Å². The summed E-state index contributed by atoms with van der Waals surface area (Å²) in [7, 11) is 7.44. The van der Waals surface area contributed by atoms with Gasteiger partial charge in [0.05, 0.1) is 11.4 Å². The first-order chi connectivity index (χ1) is 8.79. The Labute approximate surface area is 106 Å². The molecule has 0 fully saturated rings. The van der Waals surface area contributed by atoms with E-state index in [1.54, 1.807) is 19.5 Å². The lowest BCUT2D eigenvalue weighted by Crippen LogP contribution is -2.27. The van der Waals surface area contributed by atoms with E-state index in [2.05, 4.69) is 15.3 Å². The highest BCUT2D eigenvalue weighted by Crippen LogP contribution is 2.40. The van der Waals surface area contributed by atoms with Gasteiger partial charge in [-0.25, -0.2) is 9.97 Å². The van der Waals surface area contributed by atoms with Crippen LogP contribution >= 0.6 is 0 Å². The van der Waals surface area contributed by atoms with Gasteiger partial charge in [0.25, 0.3) is 0 Å². The van der Waals surface area contributed by atoms with Crippen molar-refractivity contribution in [3.05, 3.63) is 30.6 Å². The largest absolute Gasteiger partial charge is 0.364 e. The molecule has 2 aromatic rings. The van der Waals surface area contributed by atoms with Crippen LogP contribution in [0.4, 0.5) is 23.0 Å². The van der Waals surface area contributed by atoms with Crippen molar-refractivity contribution < 1.29 is 4.74 Å². The second-order valence-corrected chi connectivity index (χ2v) is 3.98. The molecule has 6 heteroatoms. The molecule has 1 aromatic heterocycles. The molecule has 0 amide bonds. The lowest BCUT2D eigenvalue weighted by Gasteiger charge is -2.31. The van der Waals surface area contributed by atoms with Crippen molar-refractivity contribution in [3.8, 4) is 0 Å². The molecule has 5 nitrogen and oxygen atoms in total. The number of anilines is 4. The van der Waals surface area contributed by atoms with Crippen LogP contribution in [-0.2, 0) is 4.74 Å². The number of nitrogens with zero attached hydrogens (tertiary/aromatic N) is 3. The molecule has 1 aromatic carbocycles. The maximum absolute atomic E-state index is 5.80. The van der Waals surface area contributed by atoms with Crippen LogP contribution < -0.4 is 15.7 Å². The van der Waals surface area contributed by atoms with Gasteiger partial charge in [-0.05, 0) is 12.1 Å². The number of nitrogens with one attached hydrogen (secondary N) is 1. The number of methoxy groups -OCH3 is 1. The maximum atomic E-state index is 5.80. The lowest BCUT2D eigenvalue weighted by molar-refractivity contribution is 0.205. The zero-order valence-corrected chi connectivity index (χ0v) is 9.92. The van der Waals surface area contributed by atoms with Crippen LogP contribution in [0.2, 0.25) is 0 Å². The first-order valence-corrected chi connectivity index (χ1v) is 5.53. The summed E-state index contributed by atoms with van der Waals surface area (Å²) in [6.07, 6.45) is 3.31. The fourth-order valence-corrected chi connectivity index (χ4v) is 2.01. The monoisotopic (exact) mass is 238 g/mol. The van der Waals surface area contributed by atoms with Gasteiger partial charge in [-0.3, -0.25) is 4.90 Å². The molecule has 0 aliphatic carbocycles. The normalized spacial score (nSPS) is 12.6. The van der Waals surface area contributed by atoms with Gasteiger partial charge in [0.15, 0.2) is 11.6 Å². The van der Waals surface area contributed by atoms with E-state index in [0.29, 0.717) is 18.0 Å². The number of rotatable bonds is 2. The third-order valence-corrected chi connectivity index (χ3v) is 2.76. The third-order valence-electron chi connectivity index (χ3n) is 2.76. The molecule has 3 rings (SSSR count). The Bertz CT molecular complexity index is 590.